The van der Waals surface area contributed by atoms with E-state index < -0.39 is 15.7 Å². The van der Waals surface area contributed by atoms with Gasteiger partial charge in [-0.2, -0.15) is 5.10 Å². The minimum Gasteiger partial charge on any atom is -0.507 e. The quantitative estimate of drug-likeness (QED) is 0.234. The van der Waals surface area contributed by atoms with Gasteiger partial charge in [0.15, 0.2) is 9.84 Å². The van der Waals surface area contributed by atoms with Gasteiger partial charge in [-0.05, 0) is 71.1 Å². The largest absolute Gasteiger partial charge is 0.507 e. The predicted octanol–water partition coefficient (Wildman–Crippen LogP) is 8.69. The van der Waals surface area contributed by atoms with Crippen LogP contribution in [0.3, 0.4) is 0 Å². The van der Waals surface area contributed by atoms with Crippen LogP contribution in [-0.2, 0) is 9.84 Å². The molecular weight excluding hydrogens is 567 g/mol. The monoisotopic (exact) mass is 606 g/mol. The number of hydrogen-bond donors (Lipinski definition) is 1. The van der Waals surface area contributed by atoms with Crippen LogP contribution < -0.4 is 0 Å². The molecule has 5 nitrogen and oxygen atoms in total. The molecule has 0 spiro atoms. The third kappa shape index (κ3) is 9.87. The third-order valence-corrected chi connectivity index (χ3v) is 7.82. The number of benzene rings is 2. The lowest BCUT2D eigenvalue weighted by Gasteiger charge is -2.19. The first kappa shape index (κ1) is 33.3. The second kappa shape index (κ2) is 15.6. The van der Waals surface area contributed by atoms with Crippen molar-refractivity contribution in [2.75, 3.05) is 6.26 Å². The molecule has 0 radical (unpaired) electrons. The average Bonchev–Trinajstić information content (AvgIpc) is 3.17. The fourth-order valence-corrected chi connectivity index (χ4v) is 4.98. The highest BCUT2D eigenvalue weighted by Gasteiger charge is 2.16. The van der Waals surface area contributed by atoms with Crippen molar-refractivity contribution < 1.29 is 17.9 Å². The predicted molar refractivity (Wildman–Crippen MR) is 160 cm³/mol. The number of allylic oxidation sites excluding steroid dienone is 3. The molecule has 208 valence electrons. The number of halogens is 2. The molecule has 0 aliphatic carbocycles. The van der Waals surface area contributed by atoms with E-state index in [9.17, 15) is 17.9 Å². The number of nitrogens with zero attached hydrogens (tertiary/aromatic N) is 2. The highest BCUT2D eigenvalue weighted by Crippen LogP contribution is 2.31. The van der Waals surface area contributed by atoms with E-state index in [2.05, 4.69) is 54.5 Å². The number of aromatic hydroxyl groups is 1. The molecule has 1 N–H and O–H groups in total. The first-order valence-corrected chi connectivity index (χ1v) is 15.0. The summed E-state index contributed by atoms with van der Waals surface area (Å²) in [5, 5.41) is 14.7. The van der Waals surface area contributed by atoms with Crippen LogP contribution in [0.25, 0.3) is 11.3 Å². The Labute approximate surface area is 236 Å². The fraction of sp³-hybridized carbons (Fsp3) is 0.367. The molecule has 8 heteroatoms. The van der Waals surface area contributed by atoms with Crippen molar-refractivity contribution in [1.29, 1.82) is 0 Å². The summed E-state index contributed by atoms with van der Waals surface area (Å²) in [6.07, 6.45) is 10.7. The van der Waals surface area contributed by atoms with Gasteiger partial charge in [-0.1, -0.05) is 77.8 Å². The van der Waals surface area contributed by atoms with Gasteiger partial charge in [-0.3, -0.25) is 0 Å². The van der Waals surface area contributed by atoms with Crippen molar-refractivity contribution in [3.8, 4) is 5.75 Å². The molecule has 0 fully saturated rings. The molecule has 38 heavy (non-hydrogen) atoms. The van der Waals surface area contributed by atoms with Crippen molar-refractivity contribution in [2.45, 2.75) is 65.2 Å². The molecule has 0 saturated carbocycles. The lowest BCUT2D eigenvalue weighted by Crippen LogP contribution is -2.08. The van der Waals surface area contributed by atoms with Gasteiger partial charge in [0, 0.05) is 17.5 Å². The van der Waals surface area contributed by atoms with Gasteiger partial charge in [-0.25, -0.2) is 17.5 Å². The second-order valence-electron chi connectivity index (χ2n) is 9.04. The maximum atomic E-state index is 12.4. The smallest absolute Gasteiger partial charge is 0.175 e. The van der Waals surface area contributed by atoms with Crippen molar-refractivity contribution >= 4 is 37.0 Å². The van der Waals surface area contributed by atoms with Gasteiger partial charge >= 0.3 is 0 Å². The zero-order valence-electron chi connectivity index (χ0n) is 21.9. The first-order chi connectivity index (χ1) is 17.5. The van der Waals surface area contributed by atoms with Crippen LogP contribution in [-0.4, -0.2) is 29.6 Å². The molecular formula is C30H40BrFN2O3S. The summed E-state index contributed by atoms with van der Waals surface area (Å²) in [4.78, 5) is 0.0116. The van der Waals surface area contributed by atoms with Crippen LogP contribution in [0, 0.1) is 18.7 Å². The van der Waals surface area contributed by atoms with Gasteiger partial charge in [0.25, 0.3) is 0 Å². The molecule has 0 aliphatic heterocycles. The van der Waals surface area contributed by atoms with Gasteiger partial charge in [-0.15, -0.1) is 0 Å². The van der Waals surface area contributed by atoms with Crippen LogP contribution in [0.4, 0.5) is 4.39 Å². The SMILES string of the molecule is C.C=C(/C=C(/CC(CCC)CCC)n1ncc(Br)c1C)c1ccccc1O.CS(=O)(=O)c1cccc(F)c1. The minimum absolute atomic E-state index is 0. The standard InChI is InChI=1S/C22H29BrN2O.C7H7FO2S.CH4/c1-5-9-18(10-6-2)14-19(25-17(4)21(23)15-24-25)13-16(3)20-11-7-8-12-22(20)26;1-11(9,10)7-4-2-3-6(8)5-7;/h7-8,11-13,15,18,26H,3,5-6,9-10,14H2,1-2,4H3;2-5H,1H3;1H4/b19-13-;;. The Kier molecular flexibility index (Phi) is 13.7. The molecule has 0 atom stereocenters. The van der Waals surface area contributed by atoms with E-state index in [4.69, 9.17) is 0 Å². The van der Waals surface area contributed by atoms with Gasteiger partial charge in [0.2, 0.25) is 0 Å². The highest BCUT2D eigenvalue weighted by atomic mass is 79.9. The molecule has 3 rings (SSSR count). The summed E-state index contributed by atoms with van der Waals surface area (Å²) in [6, 6.07) is 12.3. The Hall–Kier alpha value is -2.71. The lowest BCUT2D eigenvalue weighted by atomic mass is 9.92. The van der Waals surface area contributed by atoms with Crippen LogP contribution in [0.15, 0.2) is 76.8 Å². The summed E-state index contributed by atoms with van der Waals surface area (Å²) in [7, 11) is -3.27. The summed E-state index contributed by atoms with van der Waals surface area (Å²) in [5.41, 5.74) is 3.76. The van der Waals surface area contributed by atoms with Crippen LogP contribution in [0.5, 0.6) is 5.75 Å². The molecule has 0 bridgehead atoms. The second-order valence-corrected chi connectivity index (χ2v) is 11.9. The Morgan fingerprint density at radius 2 is 1.79 bits per heavy atom. The topological polar surface area (TPSA) is 72.2 Å². The van der Waals surface area contributed by atoms with Crippen molar-refractivity contribution in [2.24, 2.45) is 5.92 Å². The van der Waals surface area contributed by atoms with Gasteiger partial charge in [0.1, 0.15) is 11.6 Å². The van der Waals surface area contributed by atoms with Crippen molar-refractivity contribution in [3.05, 3.63) is 88.9 Å². The highest BCUT2D eigenvalue weighted by molar-refractivity contribution is 9.10. The lowest BCUT2D eigenvalue weighted by molar-refractivity contribution is 0.443. The number of phenolic OH excluding ortho intramolecular Hbond substituents is 1. The van der Waals surface area contributed by atoms with E-state index in [0.717, 1.165) is 45.7 Å². The van der Waals surface area contributed by atoms with Crippen LogP contribution in [0.2, 0.25) is 0 Å². The third-order valence-electron chi connectivity index (χ3n) is 5.93. The van der Waals surface area contributed by atoms with E-state index in [1.54, 1.807) is 6.07 Å². The minimum atomic E-state index is -3.27. The molecule has 3 aromatic rings. The first-order valence-electron chi connectivity index (χ1n) is 12.3. The van der Waals surface area contributed by atoms with E-state index in [-0.39, 0.29) is 18.1 Å². The normalized spacial score (nSPS) is 11.5. The van der Waals surface area contributed by atoms with E-state index in [1.807, 2.05) is 29.1 Å². The Morgan fingerprint density at radius 1 is 1.16 bits per heavy atom. The molecule has 0 aliphatic rings. The number of sulfone groups is 1. The molecule has 0 saturated heterocycles. The molecule has 1 aromatic heterocycles. The fourth-order valence-electron chi connectivity index (χ4n) is 4.07. The Morgan fingerprint density at radius 3 is 2.26 bits per heavy atom. The van der Waals surface area contributed by atoms with Crippen LogP contribution >= 0.6 is 15.9 Å². The van der Waals surface area contributed by atoms with E-state index in [1.165, 1.54) is 43.9 Å². The van der Waals surface area contributed by atoms with Gasteiger partial charge in [0.05, 0.1) is 21.3 Å². The molecule has 0 amide bonds. The summed E-state index contributed by atoms with van der Waals surface area (Å²) in [5.74, 6) is 0.342. The summed E-state index contributed by atoms with van der Waals surface area (Å²) < 4.78 is 37.1. The molecule has 0 unspecified atom stereocenters. The van der Waals surface area contributed by atoms with E-state index in [0.29, 0.717) is 5.92 Å². The van der Waals surface area contributed by atoms with Gasteiger partial charge < -0.3 is 5.11 Å². The maximum absolute atomic E-state index is 12.4. The number of aromatic nitrogens is 2. The van der Waals surface area contributed by atoms with Crippen molar-refractivity contribution in [3.63, 3.8) is 0 Å². The number of phenols is 1. The summed E-state index contributed by atoms with van der Waals surface area (Å²) in [6.45, 7) is 10.7. The number of rotatable bonds is 10. The Bertz CT molecular complexity index is 1330. The average molecular weight is 608 g/mol. The number of hydrogen-bond acceptors (Lipinski definition) is 4. The Balaban J connectivity index is 0.000000505. The summed E-state index contributed by atoms with van der Waals surface area (Å²) >= 11 is 3.56. The molecule has 2 aromatic carbocycles. The van der Waals surface area contributed by atoms with E-state index >= 15 is 0 Å². The number of para-hydroxylation sites is 1. The van der Waals surface area contributed by atoms with Crippen LogP contribution in [0.1, 0.15) is 64.6 Å². The molecule has 1 heterocycles. The van der Waals surface area contributed by atoms with Crippen molar-refractivity contribution in [1.82, 2.24) is 9.78 Å². The maximum Gasteiger partial charge on any atom is 0.175 e. The zero-order valence-corrected chi connectivity index (χ0v) is 24.3. The zero-order chi connectivity index (χ0) is 27.6.